The summed E-state index contributed by atoms with van der Waals surface area (Å²) in [5.74, 6) is 0.183. The zero-order valence-corrected chi connectivity index (χ0v) is 17.0. The molecule has 0 radical (unpaired) electrons. The number of phenols is 1. The lowest BCUT2D eigenvalue weighted by molar-refractivity contribution is -0.116. The highest BCUT2D eigenvalue weighted by atomic mass is 35.5. The number of hydrogen-bond donors (Lipinski definition) is 3. The average molecular weight is 432 g/mol. The number of carbonyl (C=O) groups excluding carboxylic acids is 2. The molecular formula is C19H18ClN5O3S. The molecule has 0 spiro atoms. The third-order valence-electron chi connectivity index (χ3n) is 3.83. The van der Waals surface area contributed by atoms with Gasteiger partial charge in [-0.2, -0.15) is 0 Å². The molecule has 1 heterocycles. The molecule has 8 nitrogen and oxygen atoms in total. The molecule has 0 saturated heterocycles. The molecule has 1 aromatic heterocycles. The molecule has 29 heavy (non-hydrogen) atoms. The predicted molar refractivity (Wildman–Crippen MR) is 112 cm³/mol. The molecule has 0 unspecified atom stereocenters. The van der Waals surface area contributed by atoms with Crippen LogP contribution in [0.15, 0.2) is 53.7 Å². The van der Waals surface area contributed by atoms with Crippen molar-refractivity contribution in [2.45, 2.75) is 11.6 Å². The summed E-state index contributed by atoms with van der Waals surface area (Å²) in [6, 6.07) is 13.1. The first-order valence-electron chi connectivity index (χ1n) is 8.56. The van der Waals surface area contributed by atoms with E-state index in [1.165, 1.54) is 23.9 Å². The van der Waals surface area contributed by atoms with Crippen molar-refractivity contribution in [3.63, 3.8) is 0 Å². The molecule has 0 saturated carbocycles. The molecule has 0 aliphatic carbocycles. The highest BCUT2D eigenvalue weighted by molar-refractivity contribution is 7.99. The molecule has 0 atom stereocenters. The van der Waals surface area contributed by atoms with Crippen molar-refractivity contribution in [1.82, 2.24) is 14.8 Å². The van der Waals surface area contributed by atoms with Crippen molar-refractivity contribution >= 4 is 46.6 Å². The number of nitrogens with zero attached hydrogens (tertiary/aromatic N) is 3. The van der Waals surface area contributed by atoms with E-state index in [0.29, 0.717) is 27.4 Å². The van der Waals surface area contributed by atoms with Crippen LogP contribution in [0.5, 0.6) is 5.75 Å². The van der Waals surface area contributed by atoms with Crippen LogP contribution in [-0.4, -0.2) is 37.4 Å². The van der Waals surface area contributed by atoms with Crippen molar-refractivity contribution in [1.29, 1.82) is 0 Å². The molecular weight excluding hydrogens is 414 g/mol. The second-order valence-corrected chi connectivity index (χ2v) is 7.46. The Kier molecular flexibility index (Phi) is 6.73. The quantitative estimate of drug-likeness (QED) is 0.496. The molecule has 3 rings (SSSR count). The number of nitrogens with one attached hydrogen (secondary N) is 2. The van der Waals surface area contributed by atoms with Gasteiger partial charge in [0.15, 0.2) is 5.16 Å². The Bertz CT molecular complexity index is 1020. The third kappa shape index (κ3) is 5.97. The molecule has 3 aromatic rings. The minimum absolute atomic E-state index is 0.0438. The van der Waals surface area contributed by atoms with Gasteiger partial charge in [-0.25, -0.2) is 0 Å². The summed E-state index contributed by atoms with van der Waals surface area (Å²) < 4.78 is 1.67. The highest BCUT2D eigenvalue weighted by Gasteiger charge is 2.15. The van der Waals surface area contributed by atoms with Gasteiger partial charge in [-0.1, -0.05) is 29.4 Å². The van der Waals surface area contributed by atoms with Gasteiger partial charge in [0.2, 0.25) is 11.8 Å². The Hall–Kier alpha value is -3.04. The van der Waals surface area contributed by atoms with Gasteiger partial charge >= 0.3 is 0 Å². The number of benzene rings is 2. The number of hydrogen-bond acceptors (Lipinski definition) is 6. The van der Waals surface area contributed by atoms with Crippen LogP contribution >= 0.6 is 23.4 Å². The summed E-state index contributed by atoms with van der Waals surface area (Å²) in [6.45, 7) is 0. The zero-order valence-electron chi connectivity index (χ0n) is 15.4. The van der Waals surface area contributed by atoms with Gasteiger partial charge in [-0.05, 0) is 36.4 Å². The second kappa shape index (κ2) is 9.44. The van der Waals surface area contributed by atoms with E-state index in [-0.39, 0.29) is 29.7 Å². The normalized spacial score (nSPS) is 10.6. The van der Waals surface area contributed by atoms with E-state index < -0.39 is 0 Å². The topological polar surface area (TPSA) is 109 Å². The molecule has 3 N–H and O–H groups in total. The number of rotatable bonds is 7. The number of aromatic hydroxyl groups is 1. The van der Waals surface area contributed by atoms with Gasteiger partial charge in [-0.15, -0.1) is 10.2 Å². The lowest BCUT2D eigenvalue weighted by atomic mass is 10.3. The summed E-state index contributed by atoms with van der Waals surface area (Å²) in [4.78, 5) is 24.3. The van der Waals surface area contributed by atoms with Crippen LogP contribution in [0.1, 0.15) is 5.82 Å². The van der Waals surface area contributed by atoms with Gasteiger partial charge in [-0.3, -0.25) is 9.59 Å². The van der Waals surface area contributed by atoms with E-state index in [0.717, 1.165) is 0 Å². The Morgan fingerprint density at radius 3 is 2.52 bits per heavy atom. The Balaban J connectivity index is 1.52. The van der Waals surface area contributed by atoms with Crippen molar-refractivity contribution in [3.8, 4) is 5.75 Å². The van der Waals surface area contributed by atoms with Crippen LogP contribution < -0.4 is 10.6 Å². The maximum atomic E-state index is 12.2. The van der Waals surface area contributed by atoms with Crippen molar-refractivity contribution in [2.75, 3.05) is 16.4 Å². The van der Waals surface area contributed by atoms with E-state index >= 15 is 0 Å². The summed E-state index contributed by atoms with van der Waals surface area (Å²) in [5, 5.41) is 24.1. The van der Waals surface area contributed by atoms with Crippen LogP contribution in [0.4, 0.5) is 11.4 Å². The van der Waals surface area contributed by atoms with Gasteiger partial charge in [0, 0.05) is 29.5 Å². The van der Waals surface area contributed by atoms with Crippen LogP contribution in [0.25, 0.3) is 0 Å². The van der Waals surface area contributed by atoms with Crippen molar-refractivity contribution in [3.05, 3.63) is 59.4 Å². The number of aromatic nitrogens is 3. The summed E-state index contributed by atoms with van der Waals surface area (Å²) in [6.07, 6.45) is 0.0438. The SMILES string of the molecule is Cn1c(CC(=O)Nc2ccc(Cl)cc2)nnc1SCC(=O)Nc1cccc(O)c1. The molecule has 10 heteroatoms. The smallest absolute Gasteiger partial charge is 0.234 e. The molecule has 0 fully saturated rings. The predicted octanol–water partition coefficient (Wildman–Crippen LogP) is 3.09. The fourth-order valence-electron chi connectivity index (χ4n) is 2.42. The van der Waals surface area contributed by atoms with E-state index in [1.54, 1.807) is 48.0 Å². The monoisotopic (exact) mass is 431 g/mol. The van der Waals surface area contributed by atoms with E-state index in [4.69, 9.17) is 11.6 Å². The molecule has 0 bridgehead atoms. The number of carbonyl (C=O) groups is 2. The van der Waals surface area contributed by atoms with Gasteiger partial charge in [0.1, 0.15) is 11.6 Å². The lowest BCUT2D eigenvalue weighted by Gasteiger charge is -2.07. The summed E-state index contributed by atoms with van der Waals surface area (Å²) in [7, 11) is 1.74. The minimum atomic E-state index is -0.245. The molecule has 0 aliphatic heterocycles. The zero-order chi connectivity index (χ0) is 20.8. The Labute approximate surface area is 176 Å². The first-order chi connectivity index (χ1) is 13.9. The molecule has 2 aromatic carbocycles. The van der Waals surface area contributed by atoms with E-state index in [9.17, 15) is 14.7 Å². The molecule has 150 valence electrons. The maximum Gasteiger partial charge on any atom is 0.234 e. The summed E-state index contributed by atoms with van der Waals surface area (Å²) in [5.41, 5.74) is 1.15. The molecule has 0 aliphatic rings. The van der Waals surface area contributed by atoms with Crippen LogP contribution in [0.2, 0.25) is 5.02 Å². The van der Waals surface area contributed by atoms with Crippen LogP contribution in [0.3, 0.4) is 0 Å². The largest absolute Gasteiger partial charge is 0.508 e. The number of halogens is 1. The standard InChI is InChI=1S/C19H18ClN5O3S/c1-25-16(10-17(27)21-13-7-5-12(20)6-8-13)23-24-19(25)29-11-18(28)22-14-3-2-4-15(26)9-14/h2-9,26H,10-11H2,1H3,(H,21,27)(H,22,28). The fraction of sp³-hybridized carbons (Fsp3) is 0.158. The number of amides is 2. The fourth-order valence-corrected chi connectivity index (χ4v) is 3.27. The maximum absolute atomic E-state index is 12.2. The van der Waals surface area contributed by atoms with Crippen molar-refractivity contribution in [2.24, 2.45) is 7.05 Å². The van der Waals surface area contributed by atoms with E-state index in [1.807, 2.05) is 0 Å². The summed E-state index contributed by atoms with van der Waals surface area (Å²) >= 11 is 7.03. The lowest BCUT2D eigenvalue weighted by Crippen LogP contribution is -2.17. The number of thioether (sulfide) groups is 1. The van der Waals surface area contributed by atoms with Crippen LogP contribution in [0, 0.1) is 0 Å². The number of anilines is 2. The highest BCUT2D eigenvalue weighted by Crippen LogP contribution is 2.19. The van der Waals surface area contributed by atoms with Crippen LogP contribution in [-0.2, 0) is 23.1 Å². The van der Waals surface area contributed by atoms with Crippen molar-refractivity contribution < 1.29 is 14.7 Å². The van der Waals surface area contributed by atoms with Gasteiger partial charge in [0.25, 0.3) is 0 Å². The first kappa shape index (κ1) is 20.7. The average Bonchev–Trinajstić information content (AvgIpc) is 3.01. The van der Waals surface area contributed by atoms with E-state index in [2.05, 4.69) is 20.8 Å². The Morgan fingerprint density at radius 2 is 1.79 bits per heavy atom. The minimum Gasteiger partial charge on any atom is -0.508 e. The third-order valence-corrected chi connectivity index (χ3v) is 5.11. The Morgan fingerprint density at radius 1 is 1.07 bits per heavy atom. The first-order valence-corrected chi connectivity index (χ1v) is 9.92. The van der Waals surface area contributed by atoms with Gasteiger partial charge < -0.3 is 20.3 Å². The van der Waals surface area contributed by atoms with Gasteiger partial charge in [0.05, 0.1) is 12.2 Å². The second-order valence-electron chi connectivity index (χ2n) is 6.08. The molecule has 2 amide bonds. The number of phenolic OH excluding ortho intramolecular Hbond substituents is 1.